The van der Waals surface area contributed by atoms with E-state index in [9.17, 15) is 9.59 Å². The SMILES string of the molecule is CN1C(=O)CSc2ccc(NC(=O)c3ccc(-c4ccccc4)c(CN4CCCCC4)c3)cc21. The zero-order valence-electron chi connectivity index (χ0n) is 19.4. The molecule has 0 spiro atoms. The lowest BCUT2D eigenvalue weighted by Crippen LogP contribution is -2.31. The fourth-order valence-electron chi connectivity index (χ4n) is 4.68. The summed E-state index contributed by atoms with van der Waals surface area (Å²) >= 11 is 1.53. The molecule has 34 heavy (non-hydrogen) atoms. The summed E-state index contributed by atoms with van der Waals surface area (Å²) in [6, 6.07) is 22.1. The molecule has 0 bridgehead atoms. The molecule has 0 unspecified atom stereocenters. The number of rotatable bonds is 5. The molecule has 0 aliphatic carbocycles. The summed E-state index contributed by atoms with van der Waals surface area (Å²) in [5.74, 6) is 0.375. The van der Waals surface area contributed by atoms with E-state index in [1.54, 1.807) is 11.9 Å². The Kier molecular flexibility index (Phi) is 6.70. The van der Waals surface area contributed by atoms with Gasteiger partial charge in [-0.25, -0.2) is 0 Å². The molecule has 0 atom stereocenters. The number of thioether (sulfide) groups is 1. The first-order valence-corrected chi connectivity index (χ1v) is 12.8. The predicted molar refractivity (Wildman–Crippen MR) is 140 cm³/mol. The van der Waals surface area contributed by atoms with Crippen LogP contribution < -0.4 is 10.2 Å². The largest absolute Gasteiger partial charge is 0.322 e. The number of carbonyl (C=O) groups excluding carboxylic acids is 2. The third kappa shape index (κ3) is 4.88. The summed E-state index contributed by atoms with van der Waals surface area (Å²) in [7, 11) is 1.78. The number of benzene rings is 3. The van der Waals surface area contributed by atoms with Crippen molar-refractivity contribution in [3.63, 3.8) is 0 Å². The average Bonchev–Trinajstić information content (AvgIpc) is 2.87. The summed E-state index contributed by atoms with van der Waals surface area (Å²) in [6.45, 7) is 3.04. The van der Waals surface area contributed by atoms with Crippen LogP contribution in [0.1, 0.15) is 35.2 Å². The number of hydrogen-bond donors (Lipinski definition) is 1. The Bertz CT molecular complexity index is 1210. The average molecular weight is 472 g/mol. The van der Waals surface area contributed by atoms with Crippen LogP contribution in [0.2, 0.25) is 0 Å². The normalized spacial score (nSPS) is 16.3. The van der Waals surface area contributed by atoms with Crippen molar-refractivity contribution in [1.29, 1.82) is 0 Å². The van der Waals surface area contributed by atoms with Crippen LogP contribution in [-0.2, 0) is 11.3 Å². The third-order valence-corrected chi connectivity index (χ3v) is 7.65. The zero-order valence-corrected chi connectivity index (χ0v) is 20.2. The van der Waals surface area contributed by atoms with Crippen molar-refractivity contribution in [3.05, 3.63) is 77.9 Å². The van der Waals surface area contributed by atoms with Crippen LogP contribution in [0.3, 0.4) is 0 Å². The van der Waals surface area contributed by atoms with Gasteiger partial charge in [-0.1, -0.05) is 42.8 Å². The molecule has 1 saturated heterocycles. The van der Waals surface area contributed by atoms with Gasteiger partial charge in [0.2, 0.25) is 5.91 Å². The van der Waals surface area contributed by atoms with Crippen LogP contribution in [0.4, 0.5) is 11.4 Å². The molecule has 1 N–H and O–H groups in total. The first kappa shape index (κ1) is 22.7. The van der Waals surface area contributed by atoms with Crippen LogP contribution >= 0.6 is 11.8 Å². The van der Waals surface area contributed by atoms with Crippen LogP contribution in [-0.4, -0.2) is 42.6 Å². The molecule has 5 nitrogen and oxygen atoms in total. The van der Waals surface area contributed by atoms with Crippen LogP contribution in [0, 0.1) is 0 Å². The Hall–Kier alpha value is -3.09. The fourth-order valence-corrected chi connectivity index (χ4v) is 5.66. The number of amides is 2. The first-order chi connectivity index (χ1) is 16.6. The van der Waals surface area contributed by atoms with Crippen LogP contribution in [0.25, 0.3) is 11.1 Å². The molecule has 0 radical (unpaired) electrons. The molecule has 3 aromatic carbocycles. The Morgan fingerprint density at radius 1 is 0.971 bits per heavy atom. The molecule has 2 heterocycles. The Morgan fingerprint density at radius 3 is 2.56 bits per heavy atom. The van der Waals surface area contributed by atoms with Crippen molar-refractivity contribution in [1.82, 2.24) is 4.90 Å². The number of carbonyl (C=O) groups is 2. The molecule has 0 aromatic heterocycles. The second-order valence-corrected chi connectivity index (χ2v) is 9.97. The van der Waals surface area contributed by atoms with Gasteiger partial charge in [0.15, 0.2) is 0 Å². The monoisotopic (exact) mass is 471 g/mol. The number of nitrogens with one attached hydrogen (secondary N) is 1. The lowest BCUT2D eigenvalue weighted by atomic mass is 9.96. The highest BCUT2D eigenvalue weighted by Crippen LogP contribution is 2.36. The van der Waals surface area contributed by atoms with E-state index in [1.807, 2.05) is 36.4 Å². The van der Waals surface area contributed by atoms with Crippen molar-refractivity contribution < 1.29 is 9.59 Å². The van der Waals surface area contributed by atoms with Crippen molar-refractivity contribution in [2.75, 3.05) is 36.1 Å². The standard InChI is InChI=1S/C28H29N3O2S/c1-30-25-17-23(11-13-26(25)34-19-27(30)32)29-28(33)21-10-12-24(20-8-4-2-5-9-20)22(16-21)18-31-14-6-3-7-15-31/h2,4-5,8-13,16-17H,3,6-7,14-15,18-19H2,1H3,(H,29,33). The van der Waals surface area contributed by atoms with Crippen molar-refractivity contribution in [2.24, 2.45) is 0 Å². The summed E-state index contributed by atoms with van der Waals surface area (Å²) in [6.07, 6.45) is 3.76. The molecule has 2 aliphatic heterocycles. The smallest absolute Gasteiger partial charge is 0.255 e. The van der Waals surface area contributed by atoms with Gasteiger partial charge in [0.1, 0.15) is 0 Å². The molecule has 2 aliphatic rings. The summed E-state index contributed by atoms with van der Waals surface area (Å²) in [5.41, 5.74) is 5.69. The van der Waals surface area contributed by atoms with Gasteiger partial charge in [0.05, 0.1) is 11.4 Å². The van der Waals surface area contributed by atoms with Crippen molar-refractivity contribution in [3.8, 4) is 11.1 Å². The third-order valence-electron chi connectivity index (χ3n) is 6.60. The summed E-state index contributed by atoms with van der Waals surface area (Å²) in [5, 5.41) is 3.03. The number of fused-ring (bicyclic) bond motifs is 1. The van der Waals surface area contributed by atoms with E-state index in [0.717, 1.165) is 30.2 Å². The van der Waals surface area contributed by atoms with Gasteiger partial charge < -0.3 is 10.2 Å². The van der Waals surface area contributed by atoms with Crippen molar-refractivity contribution in [2.45, 2.75) is 30.7 Å². The molecular formula is C28H29N3O2S. The number of piperidine rings is 1. The molecule has 5 rings (SSSR count). The molecular weight excluding hydrogens is 442 g/mol. The second-order valence-electron chi connectivity index (χ2n) is 8.95. The minimum atomic E-state index is -0.142. The highest BCUT2D eigenvalue weighted by Gasteiger charge is 2.22. The zero-order chi connectivity index (χ0) is 23.5. The maximum atomic E-state index is 13.2. The van der Waals surface area contributed by atoms with Gasteiger partial charge in [0.25, 0.3) is 5.91 Å². The van der Waals surface area contributed by atoms with Gasteiger partial charge in [-0.3, -0.25) is 14.5 Å². The highest BCUT2D eigenvalue weighted by atomic mass is 32.2. The minimum absolute atomic E-state index is 0.0693. The van der Waals surface area contributed by atoms with E-state index in [2.05, 4.69) is 40.5 Å². The number of anilines is 2. The Balaban J connectivity index is 1.41. The van der Waals surface area contributed by atoms with E-state index < -0.39 is 0 Å². The Labute approximate surface area is 205 Å². The topological polar surface area (TPSA) is 52.7 Å². The van der Waals surface area contributed by atoms with Gasteiger partial charge in [0, 0.05) is 29.7 Å². The summed E-state index contributed by atoms with van der Waals surface area (Å²) < 4.78 is 0. The molecule has 2 amide bonds. The lowest BCUT2D eigenvalue weighted by molar-refractivity contribution is -0.116. The van der Waals surface area contributed by atoms with E-state index in [4.69, 9.17) is 0 Å². The van der Waals surface area contributed by atoms with Gasteiger partial charge in [-0.15, -0.1) is 11.8 Å². The maximum Gasteiger partial charge on any atom is 0.255 e. The van der Waals surface area contributed by atoms with E-state index >= 15 is 0 Å². The molecule has 0 saturated carbocycles. The first-order valence-electron chi connectivity index (χ1n) is 11.8. The van der Waals surface area contributed by atoms with Gasteiger partial charge >= 0.3 is 0 Å². The van der Waals surface area contributed by atoms with E-state index in [-0.39, 0.29) is 11.8 Å². The quantitative estimate of drug-likeness (QED) is 0.522. The van der Waals surface area contributed by atoms with Crippen LogP contribution in [0.15, 0.2) is 71.6 Å². The number of nitrogens with zero attached hydrogens (tertiary/aromatic N) is 2. The minimum Gasteiger partial charge on any atom is -0.322 e. The maximum absolute atomic E-state index is 13.2. The number of likely N-dealkylation sites (tertiary alicyclic amines) is 1. The summed E-state index contributed by atoms with van der Waals surface area (Å²) in [4.78, 5) is 30.5. The van der Waals surface area contributed by atoms with Gasteiger partial charge in [-0.2, -0.15) is 0 Å². The molecule has 3 aromatic rings. The fraction of sp³-hybridized carbons (Fsp3) is 0.286. The molecule has 6 heteroatoms. The molecule has 1 fully saturated rings. The van der Waals surface area contributed by atoms with E-state index in [1.165, 1.54) is 47.7 Å². The lowest BCUT2D eigenvalue weighted by Gasteiger charge is -2.27. The predicted octanol–water partition coefficient (Wildman–Crippen LogP) is 5.66. The van der Waals surface area contributed by atoms with Crippen molar-refractivity contribution >= 4 is 35.0 Å². The highest BCUT2D eigenvalue weighted by molar-refractivity contribution is 8.00. The van der Waals surface area contributed by atoms with Crippen LogP contribution in [0.5, 0.6) is 0 Å². The molecule has 174 valence electrons. The Morgan fingerprint density at radius 2 is 1.76 bits per heavy atom. The number of hydrogen-bond acceptors (Lipinski definition) is 4. The van der Waals surface area contributed by atoms with E-state index in [0.29, 0.717) is 17.0 Å². The second kappa shape index (κ2) is 10.0. The van der Waals surface area contributed by atoms with Gasteiger partial charge in [-0.05, 0) is 73.0 Å².